The van der Waals surface area contributed by atoms with E-state index in [4.69, 9.17) is 9.47 Å². The van der Waals surface area contributed by atoms with Gasteiger partial charge in [-0.1, -0.05) is 31.2 Å². The molecule has 3 nitrogen and oxygen atoms in total. The number of aliphatic hydroxyl groups excluding tert-OH is 1. The number of benzene rings is 2. The molecule has 2 aromatic rings. The first-order valence-electron chi connectivity index (χ1n) is 6.79. The Hall–Kier alpha value is -2.07. The zero-order chi connectivity index (χ0) is 15.4. The summed E-state index contributed by atoms with van der Waals surface area (Å²) in [5.74, 6) is 0.169. The first-order chi connectivity index (χ1) is 10.1. The first kappa shape index (κ1) is 15.3. The number of aliphatic hydroxyl groups is 1. The van der Waals surface area contributed by atoms with Crippen LogP contribution in [0.5, 0.6) is 11.5 Å². The molecule has 112 valence electrons. The van der Waals surface area contributed by atoms with Gasteiger partial charge in [0.15, 0.2) is 11.5 Å². The molecule has 0 aromatic heterocycles. The summed E-state index contributed by atoms with van der Waals surface area (Å²) in [6, 6.07) is 10.2. The molecule has 21 heavy (non-hydrogen) atoms. The van der Waals surface area contributed by atoms with Gasteiger partial charge in [-0.2, -0.15) is 0 Å². The summed E-state index contributed by atoms with van der Waals surface area (Å²) in [6.07, 6.45) is -0.275. The number of hydrogen-bond acceptors (Lipinski definition) is 3. The molecule has 0 aliphatic carbocycles. The Morgan fingerprint density at radius 2 is 1.67 bits per heavy atom. The van der Waals surface area contributed by atoms with Crippen LogP contribution in [-0.2, 0) is 6.42 Å². The van der Waals surface area contributed by atoms with E-state index in [-0.39, 0.29) is 5.56 Å². The van der Waals surface area contributed by atoms with Gasteiger partial charge in [0.2, 0.25) is 0 Å². The highest BCUT2D eigenvalue weighted by atomic mass is 19.1. The highest BCUT2D eigenvalue weighted by Crippen LogP contribution is 2.35. The molecule has 4 heteroatoms. The van der Waals surface area contributed by atoms with Crippen LogP contribution >= 0.6 is 0 Å². The van der Waals surface area contributed by atoms with Gasteiger partial charge < -0.3 is 14.6 Å². The van der Waals surface area contributed by atoms with Gasteiger partial charge >= 0.3 is 0 Å². The number of halogens is 1. The fraction of sp³-hybridized carbons (Fsp3) is 0.294. The minimum absolute atomic E-state index is 0.175. The van der Waals surface area contributed by atoms with E-state index in [1.165, 1.54) is 26.4 Å². The number of methoxy groups -OCH3 is 2. The summed E-state index contributed by atoms with van der Waals surface area (Å²) >= 11 is 0. The Kier molecular flexibility index (Phi) is 4.81. The SMILES string of the molecule is CCc1ccccc1C(O)c1cc(OC)c(OC)cc1F. The Balaban J connectivity index is 2.50. The molecule has 0 fully saturated rings. The average molecular weight is 290 g/mol. The largest absolute Gasteiger partial charge is 0.493 e. The minimum atomic E-state index is -1.04. The van der Waals surface area contributed by atoms with Crippen LogP contribution in [0.25, 0.3) is 0 Å². The van der Waals surface area contributed by atoms with Crippen LogP contribution in [0, 0.1) is 5.82 Å². The second kappa shape index (κ2) is 6.59. The van der Waals surface area contributed by atoms with E-state index in [0.717, 1.165) is 12.0 Å². The fourth-order valence-corrected chi connectivity index (χ4v) is 2.37. The molecule has 0 saturated carbocycles. The van der Waals surface area contributed by atoms with Crippen molar-refractivity contribution in [1.29, 1.82) is 0 Å². The molecule has 2 aromatic carbocycles. The van der Waals surface area contributed by atoms with Crippen molar-refractivity contribution in [3.63, 3.8) is 0 Å². The Labute approximate surface area is 124 Å². The summed E-state index contributed by atoms with van der Waals surface area (Å²) < 4.78 is 24.5. The number of hydrogen-bond donors (Lipinski definition) is 1. The highest BCUT2D eigenvalue weighted by molar-refractivity contribution is 5.47. The van der Waals surface area contributed by atoms with Crippen molar-refractivity contribution >= 4 is 0 Å². The van der Waals surface area contributed by atoms with Crippen LogP contribution in [0.15, 0.2) is 36.4 Å². The van der Waals surface area contributed by atoms with E-state index < -0.39 is 11.9 Å². The standard InChI is InChI=1S/C17H19FO3/c1-4-11-7-5-6-8-12(11)17(19)13-9-15(20-2)16(21-3)10-14(13)18/h5-10,17,19H,4H2,1-3H3. The van der Waals surface area contributed by atoms with Gasteiger partial charge in [-0.3, -0.25) is 0 Å². The molecule has 0 aliphatic heterocycles. The summed E-state index contributed by atoms with van der Waals surface area (Å²) in [4.78, 5) is 0. The number of rotatable bonds is 5. The van der Waals surface area contributed by atoms with Crippen molar-refractivity contribution in [2.24, 2.45) is 0 Å². The molecule has 1 atom stereocenters. The molecule has 0 saturated heterocycles. The normalized spacial score (nSPS) is 12.0. The third-order valence-corrected chi connectivity index (χ3v) is 3.53. The average Bonchev–Trinajstić information content (AvgIpc) is 2.53. The van der Waals surface area contributed by atoms with Crippen LogP contribution < -0.4 is 9.47 Å². The maximum Gasteiger partial charge on any atom is 0.163 e. The zero-order valence-corrected chi connectivity index (χ0v) is 12.4. The topological polar surface area (TPSA) is 38.7 Å². The summed E-state index contributed by atoms with van der Waals surface area (Å²) in [5, 5.41) is 10.5. The van der Waals surface area contributed by atoms with Crippen molar-refractivity contribution in [1.82, 2.24) is 0 Å². The maximum atomic E-state index is 14.2. The molecule has 0 spiro atoms. The van der Waals surface area contributed by atoms with Crippen LogP contribution in [0.1, 0.15) is 29.7 Å². The van der Waals surface area contributed by atoms with E-state index in [1.54, 1.807) is 6.07 Å². The molecular formula is C17H19FO3. The second-order valence-corrected chi connectivity index (χ2v) is 4.68. The molecule has 0 bridgehead atoms. The summed E-state index contributed by atoms with van der Waals surface area (Å²) in [5.41, 5.74) is 1.86. The zero-order valence-electron chi connectivity index (χ0n) is 12.4. The van der Waals surface area contributed by atoms with Crippen molar-refractivity contribution in [2.45, 2.75) is 19.4 Å². The molecule has 1 N–H and O–H groups in total. The molecule has 0 heterocycles. The predicted octanol–water partition coefficient (Wildman–Crippen LogP) is 3.49. The Bertz CT molecular complexity index is 625. The third kappa shape index (κ3) is 3.00. The lowest BCUT2D eigenvalue weighted by atomic mass is 9.95. The van der Waals surface area contributed by atoms with Gasteiger partial charge in [0.25, 0.3) is 0 Å². The van der Waals surface area contributed by atoms with Gasteiger partial charge in [-0.15, -0.1) is 0 Å². The van der Waals surface area contributed by atoms with E-state index in [0.29, 0.717) is 17.1 Å². The van der Waals surface area contributed by atoms with E-state index in [9.17, 15) is 9.50 Å². The summed E-state index contributed by atoms with van der Waals surface area (Å²) in [7, 11) is 2.92. The highest BCUT2D eigenvalue weighted by Gasteiger charge is 2.20. The predicted molar refractivity (Wildman–Crippen MR) is 79.4 cm³/mol. The smallest absolute Gasteiger partial charge is 0.163 e. The maximum absolute atomic E-state index is 14.2. The van der Waals surface area contributed by atoms with E-state index >= 15 is 0 Å². The molecule has 2 rings (SSSR count). The Morgan fingerprint density at radius 3 is 2.29 bits per heavy atom. The number of aryl methyl sites for hydroxylation is 1. The lowest BCUT2D eigenvalue weighted by Gasteiger charge is -2.18. The van der Waals surface area contributed by atoms with Crippen LogP contribution in [0.3, 0.4) is 0 Å². The van der Waals surface area contributed by atoms with E-state index in [2.05, 4.69) is 0 Å². The van der Waals surface area contributed by atoms with Gasteiger partial charge in [0.1, 0.15) is 11.9 Å². The van der Waals surface area contributed by atoms with Crippen molar-refractivity contribution in [3.8, 4) is 11.5 Å². The fourth-order valence-electron chi connectivity index (χ4n) is 2.37. The number of ether oxygens (including phenoxy) is 2. The van der Waals surface area contributed by atoms with Gasteiger partial charge in [-0.25, -0.2) is 4.39 Å². The molecule has 0 radical (unpaired) electrons. The summed E-state index contributed by atoms with van der Waals surface area (Å²) in [6.45, 7) is 2.00. The lowest BCUT2D eigenvalue weighted by molar-refractivity contribution is 0.212. The van der Waals surface area contributed by atoms with Gasteiger partial charge in [-0.05, 0) is 23.6 Å². The van der Waals surface area contributed by atoms with Crippen molar-refractivity contribution in [3.05, 3.63) is 58.9 Å². The lowest BCUT2D eigenvalue weighted by Crippen LogP contribution is -2.06. The monoisotopic (exact) mass is 290 g/mol. The van der Waals surface area contributed by atoms with Gasteiger partial charge in [0, 0.05) is 11.6 Å². The first-order valence-corrected chi connectivity index (χ1v) is 6.79. The van der Waals surface area contributed by atoms with Gasteiger partial charge in [0.05, 0.1) is 14.2 Å². The van der Waals surface area contributed by atoms with Crippen LogP contribution in [0.4, 0.5) is 4.39 Å². The second-order valence-electron chi connectivity index (χ2n) is 4.68. The molecule has 1 unspecified atom stereocenters. The van der Waals surface area contributed by atoms with Crippen LogP contribution in [-0.4, -0.2) is 19.3 Å². The Morgan fingerprint density at radius 1 is 1.05 bits per heavy atom. The van der Waals surface area contributed by atoms with Crippen molar-refractivity contribution in [2.75, 3.05) is 14.2 Å². The van der Waals surface area contributed by atoms with Crippen molar-refractivity contribution < 1.29 is 19.0 Å². The van der Waals surface area contributed by atoms with E-state index in [1.807, 2.05) is 25.1 Å². The minimum Gasteiger partial charge on any atom is -0.493 e. The molecular weight excluding hydrogens is 271 g/mol. The molecule has 0 aliphatic rings. The quantitative estimate of drug-likeness (QED) is 0.916. The third-order valence-electron chi connectivity index (χ3n) is 3.53. The molecule has 0 amide bonds. The van der Waals surface area contributed by atoms with Crippen LogP contribution in [0.2, 0.25) is 0 Å².